The van der Waals surface area contributed by atoms with Crippen LogP contribution in [-0.2, 0) is 50.3 Å². The molecule has 0 fully saturated rings. The second-order valence-corrected chi connectivity index (χ2v) is 5.45. The van der Waals surface area contributed by atoms with E-state index in [9.17, 15) is 9.59 Å². The Labute approximate surface area is 148 Å². The molecule has 0 saturated heterocycles. The van der Waals surface area contributed by atoms with Gasteiger partial charge in [0.15, 0.2) is 0 Å². The monoisotopic (exact) mass is 352 g/mol. The van der Waals surface area contributed by atoms with Gasteiger partial charge >= 0.3 is 11.8 Å². The van der Waals surface area contributed by atoms with E-state index in [4.69, 9.17) is 18.9 Å². The molecule has 0 N–H and O–H groups in total. The maximum Gasteiger partial charge on any atom is 0.375 e. The van der Waals surface area contributed by atoms with Crippen LogP contribution in [0.5, 0.6) is 0 Å². The third kappa shape index (κ3) is 7.83. The van der Waals surface area contributed by atoms with Gasteiger partial charge in [0.1, 0.15) is 6.61 Å². The molecule has 0 rings (SSSR count). The Kier molecular flexibility index (Phi) is 12.3. The fourth-order valence-electron chi connectivity index (χ4n) is 1.60. The Bertz CT molecular complexity index is 331. The summed E-state index contributed by atoms with van der Waals surface area (Å²) in [6, 6.07) is 0. The van der Waals surface area contributed by atoms with Gasteiger partial charge in [-0.15, -0.1) is 0 Å². The zero-order valence-electron chi connectivity index (χ0n) is 14.6. The first kappa shape index (κ1) is 24.0. The Hall–Kier alpha value is -0.266. The average molecular weight is 352 g/mol. The predicted octanol–water partition coefficient (Wildman–Crippen LogP) is 2.09. The molecule has 0 aliphatic heterocycles. The number of hydrogen-bond acceptors (Lipinski definition) is 6. The number of hydrogen-bond donors (Lipinski definition) is 0. The van der Waals surface area contributed by atoms with Crippen LogP contribution in [0.4, 0.5) is 0 Å². The summed E-state index contributed by atoms with van der Waals surface area (Å²) in [7, 11) is 0. The molecule has 0 aliphatic rings. The van der Waals surface area contributed by atoms with E-state index in [2.05, 4.69) is 0 Å². The second-order valence-electron chi connectivity index (χ2n) is 5.45. The van der Waals surface area contributed by atoms with Gasteiger partial charge in [-0.1, -0.05) is 0 Å². The van der Waals surface area contributed by atoms with Crippen molar-refractivity contribution in [2.45, 2.75) is 72.6 Å². The standard InChI is InChI=1S/C15H28O6.Ti/c1-8-18-14(17)15(20-11(4)5,21-12(6)7)13(16)9-19-10(2)3;/h10-12H,8-9H2,1-7H3;. The molecule has 0 saturated carbocycles. The molecule has 0 radical (unpaired) electrons. The summed E-state index contributed by atoms with van der Waals surface area (Å²) in [6.45, 7) is 12.0. The van der Waals surface area contributed by atoms with Gasteiger partial charge in [0.05, 0.1) is 24.9 Å². The summed E-state index contributed by atoms with van der Waals surface area (Å²) in [5, 5.41) is 0. The first-order valence-electron chi connectivity index (χ1n) is 7.33. The van der Waals surface area contributed by atoms with Crippen LogP contribution >= 0.6 is 0 Å². The third-order valence-corrected chi connectivity index (χ3v) is 2.26. The summed E-state index contributed by atoms with van der Waals surface area (Å²) in [5.41, 5.74) is 0. The molecule has 6 nitrogen and oxygen atoms in total. The van der Waals surface area contributed by atoms with Crippen LogP contribution < -0.4 is 0 Å². The molecule has 0 bridgehead atoms. The molecule has 0 aromatic rings. The van der Waals surface area contributed by atoms with Crippen molar-refractivity contribution in [3.05, 3.63) is 0 Å². The third-order valence-electron chi connectivity index (χ3n) is 2.26. The van der Waals surface area contributed by atoms with Crippen LogP contribution in [0.3, 0.4) is 0 Å². The molecule has 0 unspecified atom stereocenters. The summed E-state index contributed by atoms with van der Waals surface area (Å²) in [6.07, 6.45) is -0.931. The Morgan fingerprint density at radius 1 is 0.909 bits per heavy atom. The van der Waals surface area contributed by atoms with Crippen molar-refractivity contribution in [1.29, 1.82) is 0 Å². The first-order valence-corrected chi connectivity index (χ1v) is 7.33. The maximum absolute atomic E-state index is 12.5. The van der Waals surface area contributed by atoms with Crippen molar-refractivity contribution in [2.24, 2.45) is 0 Å². The zero-order chi connectivity index (χ0) is 16.6. The average Bonchev–Trinajstić information content (AvgIpc) is 2.33. The van der Waals surface area contributed by atoms with E-state index in [1.54, 1.807) is 48.5 Å². The normalized spacial score (nSPS) is 11.7. The van der Waals surface area contributed by atoms with Gasteiger partial charge in [0, 0.05) is 21.7 Å². The zero-order valence-corrected chi connectivity index (χ0v) is 16.2. The molecule has 0 atom stereocenters. The molecule has 128 valence electrons. The number of ketones is 1. The summed E-state index contributed by atoms with van der Waals surface area (Å²) < 4.78 is 21.3. The second kappa shape index (κ2) is 11.3. The van der Waals surface area contributed by atoms with Crippen LogP contribution in [-0.4, -0.2) is 49.1 Å². The van der Waals surface area contributed by atoms with Crippen LogP contribution in [0.2, 0.25) is 0 Å². The summed E-state index contributed by atoms with van der Waals surface area (Å²) >= 11 is 0. The van der Waals surface area contributed by atoms with Crippen molar-refractivity contribution in [1.82, 2.24) is 0 Å². The summed E-state index contributed by atoms with van der Waals surface area (Å²) in [5.74, 6) is -3.52. The Balaban J connectivity index is 0. The van der Waals surface area contributed by atoms with Gasteiger partial charge in [-0.2, -0.15) is 0 Å². The van der Waals surface area contributed by atoms with Crippen LogP contribution in [0.25, 0.3) is 0 Å². The Morgan fingerprint density at radius 2 is 1.36 bits per heavy atom. The number of carbonyl (C=O) groups is 2. The minimum Gasteiger partial charge on any atom is -0.462 e. The minimum atomic E-state index is -2.08. The van der Waals surface area contributed by atoms with Gasteiger partial charge in [-0.25, -0.2) is 4.79 Å². The van der Waals surface area contributed by atoms with Crippen molar-refractivity contribution in [3.8, 4) is 0 Å². The molecule has 0 aliphatic carbocycles. The smallest absolute Gasteiger partial charge is 0.375 e. The molecule has 7 heteroatoms. The van der Waals surface area contributed by atoms with Gasteiger partial charge in [0.2, 0.25) is 5.78 Å². The molecule has 0 spiro atoms. The summed E-state index contributed by atoms with van der Waals surface area (Å²) in [4.78, 5) is 24.8. The number of carbonyl (C=O) groups excluding carboxylic acids is 2. The molecule has 0 amide bonds. The SMILES string of the molecule is CCOC(=O)C(OC(C)C)(OC(C)C)C(=O)COC(C)C.[Ti]. The largest absolute Gasteiger partial charge is 0.462 e. The minimum absolute atomic E-state index is 0. The van der Waals surface area contributed by atoms with E-state index in [0.29, 0.717) is 0 Å². The van der Waals surface area contributed by atoms with E-state index >= 15 is 0 Å². The molecular formula is C15H28O6Ti. The quantitative estimate of drug-likeness (QED) is 0.260. The number of esters is 1. The van der Waals surface area contributed by atoms with Gasteiger partial charge in [-0.3, -0.25) is 4.79 Å². The predicted molar refractivity (Wildman–Crippen MR) is 77.9 cm³/mol. The maximum atomic E-state index is 12.5. The number of Topliss-reactive ketones (excluding diaryl/α,β-unsaturated/α-hetero) is 1. The number of rotatable bonds is 10. The van der Waals surface area contributed by atoms with Gasteiger partial charge in [0.25, 0.3) is 0 Å². The van der Waals surface area contributed by atoms with E-state index in [1.807, 2.05) is 0 Å². The number of ether oxygens (including phenoxy) is 4. The van der Waals surface area contributed by atoms with Gasteiger partial charge < -0.3 is 18.9 Å². The molecular weight excluding hydrogens is 324 g/mol. The van der Waals surface area contributed by atoms with E-state index in [-0.39, 0.29) is 41.0 Å². The van der Waals surface area contributed by atoms with Crippen molar-refractivity contribution in [3.63, 3.8) is 0 Å². The van der Waals surface area contributed by atoms with Crippen LogP contribution in [0.1, 0.15) is 48.5 Å². The van der Waals surface area contributed by atoms with E-state index in [1.165, 1.54) is 0 Å². The van der Waals surface area contributed by atoms with Gasteiger partial charge in [-0.05, 0) is 48.5 Å². The van der Waals surface area contributed by atoms with Crippen molar-refractivity contribution < 1.29 is 50.3 Å². The molecule has 0 heterocycles. The van der Waals surface area contributed by atoms with E-state index < -0.39 is 29.7 Å². The fraction of sp³-hybridized carbons (Fsp3) is 0.867. The molecule has 22 heavy (non-hydrogen) atoms. The van der Waals surface area contributed by atoms with Crippen LogP contribution in [0, 0.1) is 0 Å². The first-order chi connectivity index (χ1) is 9.65. The Morgan fingerprint density at radius 3 is 1.68 bits per heavy atom. The van der Waals surface area contributed by atoms with Crippen molar-refractivity contribution >= 4 is 11.8 Å². The fourth-order valence-corrected chi connectivity index (χ4v) is 1.60. The molecule has 0 aromatic heterocycles. The van der Waals surface area contributed by atoms with Crippen LogP contribution in [0.15, 0.2) is 0 Å². The van der Waals surface area contributed by atoms with E-state index in [0.717, 1.165) is 0 Å². The topological polar surface area (TPSA) is 71.1 Å². The molecule has 0 aromatic carbocycles. The van der Waals surface area contributed by atoms with Crippen molar-refractivity contribution in [2.75, 3.05) is 13.2 Å².